The number of hydrogen-bond acceptors (Lipinski definition) is 0. The molecule has 0 nitrogen and oxygen atoms in total. The Bertz CT molecular complexity index is 115. The lowest BCUT2D eigenvalue weighted by atomic mass is 10.7. The Morgan fingerprint density at radius 3 is 2.17 bits per heavy atom. The van der Waals surface area contributed by atoms with E-state index in [0.29, 0.717) is 0 Å². The third kappa shape index (κ3) is 7.43. The first-order valence-corrected chi connectivity index (χ1v) is 15.0. The minimum atomic E-state index is -0.125. The topological polar surface area (TPSA) is 0 Å². The van der Waals surface area contributed by atoms with Crippen LogP contribution in [0.4, 0.5) is 0 Å². The SMILES string of the molecule is C=CC[Si](CC=C)[Si][Si][Si][Si][Si]. The molecule has 0 atom stereocenters. The molecule has 0 aliphatic carbocycles. The van der Waals surface area contributed by atoms with Crippen LogP contribution >= 0.6 is 0 Å². The fourth-order valence-corrected chi connectivity index (χ4v) is 27.3. The fourth-order valence-electron chi connectivity index (χ4n) is 0.685. The molecule has 0 bridgehead atoms. The predicted molar refractivity (Wildman–Crippen MR) is 64.5 cm³/mol. The Hall–Kier alpha value is 0.781. The highest BCUT2D eigenvalue weighted by atomic mass is 29.9. The lowest BCUT2D eigenvalue weighted by Gasteiger charge is -2.07. The van der Waals surface area contributed by atoms with Gasteiger partial charge in [-0.15, -0.1) is 13.2 Å². The van der Waals surface area contributed by atoms with Gasteiger partial charge in [-0.1, -0.05) is 12.2 Å². The van der Waals surface area contributed by atoms with E-state index in [9.17, 15) is 0 Å². The third-order valence-electron chi connectivity index (χ3n) is 1.15. The quantitative estimate of drug-likeness (QED) is 0.323. The van der Waals surface area contributed by atoms with Crippen molar-refractivity contribution < 1.29 is 0 Å². The maximum Gasteiger partial charge on any atom is 0.0383 e. The van der Waals surface area contributed by atoms with Gasteiger partial charge in [-0.25, -0.2) is 0 Å². The Morgan fingerprint density at radius 1 is 1.17 bits per heavy atom. The van der Waals surface area contributed by atoms with Crippen molar-refractivity contribution in [2.45, 2.75) is 12.1 Å². The monoisotopic (exact) mass is 250 g/mol. The number of hydrogen-bond donors (Lipinski definition) is 0. The van der Waals surface area contributed by atoms with E-state index in [1.807, 2.05) is 0 Å². The van der Waals surface area contributed by atoms with Crippen molar-refractivity contribution in [1.29, 1.82) is 0 Å². The zero-order valence-corrected chi connectivity index (χ0v) is 13.0. The Labute approximate surface area is 89.6 Å². The Kier molecular flexibility index (Phi) is 10.5. The standard InChI is InChI=1S/C6H10Si6/c1-3-5-12(6-4-2)11-10-9-8-7/h3-4H,1-2,5-6H2. The maximum absolute atomic E-state index is 3.80. The number of rotatable bonds is 8. The highest BCUT2D eigenvalue weighted by Gasteiger charge is 2.07. The summed E-state index contributed by atoms with van der Waals surface area (Å²) in [6, 6.07) is 2.52. The molecular formula is C6H10Si6. The highest BCUT2D eigenvalue weighted by molar-refractivity contribution is 7.59. The zero-order valence-electron chi connectivity index (χ0n) is 6.98. The molecule has 0 spiro atoms. The molecule has 0 aliphatic rings. The lowest BCUT2D eigenvalue weighted by Crippen LogP contribution is -2.31. The number of allylic oxidation sites excluding steroid dienone is 2. The Morgan fingerprint density at radius 2 is 1.75 bits per heavy atom. The normalized spacial score (nSPS) is 10.2. The largest absolute Gasteiger partial charge is 0.103 e. The second-order valence-corrected chi connectivity index (χ2v) is 19.2. The second-order valence-electron chi connectivity index (χ2n) is 2.09. The van der Waals surface area contributed by atoms with E-state index >= 15 is 0 Å². The summed E-state index contributed by atoms with van der Waals surface area (Å²) in [5.74, 6) is 0. The molecule has 0 aliphatic heterocycles. The molecule has 0 saturated heterocycles. The average molecular weight is 251 g/mol. The van der Waals surface area contributed by atoms with E-state index in [1.54, 1.807) is 0 Å². The van der Waals surface area contributed by atoms with Crippen molar-refractivity contribution >= 4 is 52.3 Å². The summed E-state index contributed by atoms with van der Waals surface area (Å²) in [7, 11) is 7.97. The molecule has 0 saturated carbocycles. The van der Waals surface area contributed by atoms with Crippen LogP contribution in [0.3, 0.4) is 0 Å². The van der Waals surface area contributed by atoms with Gasteiger partial charge in [-0.05, 0) is 12.1 Å². The van der Waals surface area contributed by atoms with Crippen LogP contribution in [-0.2, 0) is 0 Å². The predicted octanol–water partition coefficient (Wildman–Crippen LogP) is -0.00480. The Balaban J connectivity index is 3.47. The fraction of sp³-hybridized carbons (Fsp3) is 0.333. The highest BCUT2D eigenvalue weighted by Crippen LogP contribution is 1.98. The summed E-state index contributed by atoms with van der Waals surface area (Å²) in [6.45, 7) is 7.61. The van der Waals surface area contributed by atoms with Gasteiger partial charge in [0.05, 0.1) is 0 Å². The van der Waals surface area contributed by atoms with Gasteiger partial charge in [0.1, 0.15) is 0 Å². The van der Waals surface area contributed by atoms with Gasteiger partial charge in [0.15, 0.2) is 0 Å². The van der Waals surface area contributed by atoms with E-state index < -0.39 is 0 Å². The lowest BCUT2D eigenvalue weighted by molar-refractivity contribution is 1.58. The molecule has 0 fully saturated rings. The summed E-state index contributed by atoms with van der Waals surface area (Å²) in [5, 5.41) is 0. The van der Waals surface area contributed by atoms with E-state index in [4.69, 9.17) is 0 Å². The molecule has 12 radical (unpaired) electrons. The smallest absolute Gasteiger partial charge is 0.0383 e. The van der Waals surface area contributed by atoms with Crippen LogP contribution < -0.4 is 0 Å². The van der Waals surface area contributed by atoms with Gasteiger partial charge in [0, 0.05) is 52.3 Å². The van der Waals surface area contributed by atoms with Crippen LogP contribution in [-0.4, -0.2) is 52.3 Å². The van der Waals surface area contributed by atoms with Crippen LogP contribution in [0.15, 0.2) is 25.3 Å². The molecule has 6 heteroatoms. The molecule has 0 N–H and O–H groups in total. The molecule has 0 unspecified atom stereocenters. The van der Waals surface area contributed by atoms with Crippen molar-refractivity contribution in [3.8, 4) is 0 Å². The molecule has 0 heterocycles. The minimum absolute atomic E-state index is 0.125. The van der Waals surface area contributed by atoms with E-state index in [2.05, 4.69) is 35.1 Å². The summed E-state index contributed by atoms with van der Waals surface area (Å²) in [6.07, 6.45) is 4.16. The van der Waals surface area contributed by atoms with Gasteiger partial charge in [0.25, 0.3) is 0 Å². The molecule has 0 aromatic heterocycles. The molecule has 0 aromatic rings. The van der Waals surface area contributed by atoms with Crippen LogP contribution in [0.1, 0.15) is 0 Å². The van der Waals surface area contributed by atoms with Crippen molar-refractivity contribution in [2.75, 3.05) is 0 Å². The van der Waals surface area contributed by atoms with Crippen molar-refractivity contribution in [2.24, 2.45) is 0 Å². The van der Waals surface area contributed by atoms with Gasteiger partial charge in [-0.2, -0.15) is 0 Å². The van der Waals surface area contributed by atoms with Crippen LogP contribution in [0.25, 0.3) is 0 Å². The molecule has 0 rings (SSSR count). The van der Waals surface area contributed by atoms with Gasteiger partial charge in [-0.3, -0.25) is 0 Å². The van der Waals surface area contributed by atoms with Gasteiger partial charge < -0.3 is 0 Å². The molecular weight excluding hydrogens is 241 g/mol. The summed E-state index contributed by atoms with van der Waals surface area (Å²) in [5.41, 5.74) is 0. The molecule has 0 aromatic carbocycles. The molecule has 12 heavy (non-hydrogen) atoms. The van der Waals surface area contributed by atoms with Crippen molar-refractivity contribution in [1.82, 2.24) is 0 Å². The zero-order chi connectivity index (χ0) is 9.23. The van der Waals surface area contributed by atoms with Gasteiger partial charge >= 0.3 is 0 Å². The van der Waals surface area contributed by atoms with Gasteiger partial charge in [0.2, 0.25) is 0 Å². The summed E-state index contributed by atoms with van der Waals surface area (Å²) < 4.78 is 0. The third-order valence-corrected chi connectivity index (χ3v) is 23.5. The van der Waals surface area contributed by atoms with Crippen LogP contribution in [0, 0.1) is 0 Å². The van der Waals surface area contributed by atoms with E-state index in [1.165, 1.54) is 29.2 Å². The molecule has 58 valence electrons. The first kappa shape index (κ1) is 12.8. The summed E-state index contributed by atoms with van der Waals surface area (Å²) in [4.78, 5) is 0. The average Bonchev–Trinajstić information content (AvgIpc) is 2.06. The van der Waals surface area contributed by atoms with E-state index in [-0.39, 0.29) is 8.31 Å². The van der Waals surface area contributed by atoms with Crippen molar-refractivity contribution in [3.63, 3.8) is 0 Å². The van der Waals surface area contributed by atoms with Crippen LogP contribution in [0.2, 0.25) is 12.1 Å². The first-order valence-electron chi connectivity index (χ1n) is 3.59. The second kappa shape index (κ2) is 9.87. The maximum atomic E-state index is 3.80. The van der Waals surface area contributed by atoms with Crippen molar-refractivity contribution in [3.05, 3.63) is 25.3 Å². The minimum Gasteiger partial charge on any atom is -0.103 e. The first-order chi connectivity index (χ1) is 5.85. The summed E-state index contributed by atoms with van der Waals surface area (Å²) >= 11 is 0. The molecule has 0 amide bonds. The van der Waals surface area contributed by atoms with E-state index in [0.717, 1.165) is 17.1 Å². The van der Waals surface area contributed by atoms with Crippen LogP contribution in [0.5, 0.6) is 0 Å².